The van der Waals surface area contributed by atoms with E-state index in [1.807, 2.05) is 0 Å². The summed E-state index contributed by atoms with van der Waals surface area (Å²) in [6.07, 6.45) is 6.48. The fourth-order valence-electron chi connectivity index (χ4n) is 2.25. The molecule has 1 fully saturated rings. The fourth-order valence-corrected chi connectivity index (χ4v) is 4.11. The van der Waals surface area contributed by atoms with Crippen molar-refractivity contribution in [3.63, 3.8) is 0 Å². The van der Waals surface area contributed by atoms with Crippen molar-refractivity contribution in [1.82, 2.24) is 0 Å². The summed E-state index contributed by atoms with van der Waals surface area (Å²) in [5, 5.41) is 0. The summed E-state index contributed by atoms with van der Waals surface area (Å²) >= 11 is 7.43. The van der Waals surface area contributed by atoms with E-state index in [0.29, 0.717) is 0 Å². The number of allylic oxidation sites excluding steroid dienone is 2. The predicted octanol–water partition coefficient (Wildman–Crippen LogP) is 3.85. The first-order valence-corrected chi connectivity index (χ1v) is 5.75. The summed E-state index contributed by atoms with van der Waals surface area (Å²) in [7, 11) is 0. The standard InChI is InChI=1S/C9H12Br2/c1-9(11)5-8(10)6-2-3-7(9)4-6/h5-7H,2-4H2,1H3. The number of hydrogen-bond donors (Lipinski definition) is 0. The zero-order valence-electron chi connectivity index (χ0n) is 6.61. The molecule has 1 saturated carbocycles. The monoisotopic (exact) mass is 278 g/mol. The van der Waals surface area contributed by atoms with Gasteiger partial charge < -0.3 is 0 Å². The molecule has 0 spiro atoms. The van der Waals surface area contributed by atoms with Gasteiger partial charge in [-0.05, 0) is 42.5 Å². The molecule has 0 nitrogen and oxygen atoms in total. The second-order valence-corrected chi connectivity index (χ2v) is 6.51. The minimum Gasteiger partial charge on any atom is -0.0807 e. The first-order chi connectivity index (χ1) is 5.09. The Balaban J connectivity index is 2.34. The lowest BCUT2D eigenvalue weighted by molar-refractivity contribution is 0.448. The topological polar surface area (TPSA) is 0 Å². The molecule has 0 aromatic rings. The lowest BCUT2D eigenvalue weighted by atomic mass is 9.86. The van der Waals surface area contributed by atoms with E-state index in [4.69, 9.17) is 0 Å². The average Bonchev–Trinajstić information content (AvgIpc) is 2.28. The molecule has 0 saturated heterocycles. The summed E-state index contributed by atoms with van der Waals surface area (Å²) < 4.78 is 1.68. The van der Waals surface area contributed by atoms with Gasteiger partial charge >= 0.3 is 0 Å². The van der Waals surface area contributed by atoms with Gasteiger partial charge in [0.1, 0.15) is 0 Å². The van der Waals surface area contributed by atoms with Crippen molar-refractivity contribution in [2.24, 2.45) is 11.8 Å². The van der Waals surface area contributed by atoms with Crippen LogP contribution < -0.4 is 0 Å². The van der Waals surface area contributed by atoms with E-state index in [0.717, 1.165) is 11.8 Å². The first-order valence-electron chi connectivity index (χ1n) is 4.17. The van der Waals surface area contributed by atoms with Crippen LogP contribution in [0.4, 0.5) is 0 Å². The van der Waals surface area contributed by atoms with Gasteiger partial charge in [0, 0.05) is 4.32 Å². The molecule has 3 unspecified atom stereocenters. The van der Waals surface area contributed by atoms with Crippen molar-refractivity contribution in [3.05, 3.63) is 10.6 Å². The molecule has 3 atom stereocenters. The Morgan fingerprint density at radius 1 is 1.55 bits per heavy atom. The van der Waals surface area contributed by atoms with Crippen molar-refractivity contribution >= 4 is 31.9 Å². The Labute approximate surface area is 84.7 Å². The molecular formula is C9H12Br2. The van der Waals surface area contributed by atoms with Gasteiger partial charge in [0.25, 0.3) is 0 Å². The van der Waals surface area contributed by atoms with Crippen LogP contribution in [-0.2, 0) is 0 Å². The third-order valence-electron chi connectivity index (χ3n) is 3.04. The number of rotatable bonds is 0. The van der Waals surface area contributed by atoms with Crippen LogP contribution in [0.3, 0.4) is 0 Å². The van der Waals surface area contributed by atoms with Crippen molar-refractivity contribution in [2.45, 2.75) is 30.5 Å². The highest BCUT2D eigenvalue weighted by Crippen LogP contribution is 2.51. The van der Waals surface area contributed by atoms with Crippen LogP contribution in [0.2, 0.25) is 0 Å². The Morgan fingerprint density at radius 3 is 3.00 bits per heavy atom. The lowest BCUT2D eigenvalue weighted by Gasteiger charge is -2.30. The van der Waals surface area contributed by atoms with Crippen molar-refractivity contribution < 1.29 is 0 Å². The minimum atomic E-state index is 0.263. The summed E-state index contributed by atoms with van der Waals surface area (Å²) in [5.41, 5.74) is 0. The SMILES string of the molecule is CC1(Br)C=C(Br)C2CCC1C2. The maximum atomic E-state index is 3.78. The Hall–Kier alpha value is 0.700. The summed E-state index contributed by atoms with van der Waals surface area (Å²) in [6.45, 7) is 2.28. The minimum absolute atomic E-state index is 0.263. The van der Waals surface area contributed by atoms with Crippen molar-refractivity contribution in [2.75, 3.05) is 0 Å². The summed E-state index contributed by atoms with van der Waals surface area (Å²) in [6, 6.07) is 0. The highest BCUT2D eigenvalue weighted by molar-refractivity contribution is 9.12. The molecule has 0 N–H and O–H groups in total. The summed E-state index contributed by atoms with van der Waals surface area (Å²) in [5.74, 6) is 1.71. The zero-order chi connectivity index (χ0) is 8.06. The molecule has 2 heteroatoms. The third-order valence-corrected chi connectivity index (χ3v) is 4.79. The van der Waals surface area contributed by atoms with Crippen LogP contribution in [0, 0.1) is 11.8 Å². The molecule has 0 aliphatic heterocycles. The van der Waals surface area contributed by atoms with Gasteiger partial charge in [-0.2, -0.15) is 0 Å². The molecule has 2 rings (SSSR count). The number of halogens is 2. The Kier molecular flexibility index (Phi) is 1.96. The van der Waals surface area contributed by atoms with E-state index in [2.05, 4.69) is 44.9 Å². The van der Waals surface area contributed by atoms with Gasteiger partial charge in [0.15, 0.2) is 0 Å². The van der Waals surface area contributed by atoms with E-state index in [1.165, 1.54) is 23.7 Å². The smallest absolute Gasteiger partial charge is 0.0447 e. The number of hydrogen-bond acceptors (Lipinski definition) is 0. The maximum Gasteiger partial charge on any atom is 0.0447 e. The molecule has 0 radical (unpaired) electrons. The molecule has 11 heavy (non-hydrogen) atoms. The van der Waals surface area contributed by atoms with E-state index in [-0.39, 0.29) is 4.32 Å². The average molecular weight is 280 g/mol. The second kappa shape index (κ2) is 2.59. The molecule has 0 heterocycles. The lowest BCUT2D eigenvalue weighted by Crippen LogP contribution is -2.26. The van der Waals surface area contributed by atoms with Crippen LogP contribution in [0.1, 0.15) is 26.2 Å². The summed E-state index contributed by atoms with van der Waals surface area (Å²) in [4.78, 5) is 0. The van der Waals surface area contributed by atoms with E-state index < -0.39 is 0 Å². The quantitative estimate of drug-likeness (QED) is 0.591. The van der Waals surface area contributed by atoms with Gasteiger partial charge in [0.2, 0.25) is 0 Å². The van der Waals surface area contributed by atoms with Crippen LogP contribution in [0.5, 0.6) is 0 Å². The van der Waals surface area contributed by atoms with Gasteiger partial charge in [-0.1, -0.05) is 37.9 Å². The van der Waals surface area contributed by atoms with Crippen LogP contribution in [0.25, 0.3) is 0 Å². The second-order valence-electron chi connectivity index (χ2n) is 3.89. The van der Waals surface area contributed by atoms with Crippen molar-refractivity contribution in [3.8, 4) is 0 Å². The Bertz CT molecular complexity index is 206. The highest BCUT2D eigenvalue weighted by atomic mass is 79.9. The molecule has 0 aromatic heterocycles. The molecule has 0 amide bonds. The molecule has 2 bridgehead atoms. The van der Waals surface area contributed by atoms with Gasteiger partial charge in [-0.3, -0.25) is 0 Å². The largest absolute Gasteiger partial charge is 0.0807 e. The van der Waals surface area contributed by atoms with E-state index in [9.17, 15) is 0 Å². The number of fused-ring (bicyclic) bond motifs is 2. The van der Waals surface area contributed by atoms with Crippen LogP contribution >= 0.6 is 31.9 Å². The molecule has 2 aliphatic carbocycles. The first kappa shape index (κ1) is 8.31. The number of alkyl halides is 1. The van der Waals surface area contributed by atoms with E-state index in [1.54, 1.807) is 0 Å². The van der Waals surface area contributed by atoms with Crippen molar-refractivity contribution in [1.29, 1.82) is 0 Å². The zero-order valence-corrected chi connectivity index (χ0v) is 9.78. The normalized spacial score (nSPS) is 49.2. The van der Waals surface area contributed by atoms with Crippen LogP contribution in [-0.4, -0.2) is 4.32 Å². The van der Waals surface area contributed by atoms with E-state index >= 15 is 0 Å². The van der Waals surface area contributed by atoms with Gasteiger partial charge in [0.05, 0.1) is 0 Å². The highest BCUT2D eigenvalue weighted by Gasteiger charge is 2.41. The maximum absolute atomic E-state index is 3.78. The van der Waals surface area contributed by atoms with Gasteiger partial charge in [-0.15, -0.1) is 0 Å². The molecular weight excluding hydrogens is 268 g/mol. The fraction of sp³-hybridized carbons (Fsp3) is 0.778. The predicted molar refractivity (Wildman–Crippen MR) is 55.2 cm³/mol. The Morgan fingerprint density at radius 2 is 2.27 bits per heavy atom. The van der Waals surface area contributed by atoms with Crippen LogP contribution in [0.15, 0.2) is 10.6 Å². The molecule has 0 aromatic carbocycles. The van der Waals surface area contributed by atoms with Gasteiger partial charge in [-0.25, -0.2) is 0 Å². The third kappa shape index (κ3) is 1.33. The molecule has 62 valence electrons. The molecule has 2 aliphatic rings.